The third-order valence-corrected chi connectivity index (χ3v) is 8.44. The molecule has 0 atom stereocenters. The van der Waals surface area contributed by atoms with Gasteiger partial charge in [-0.3, -0.25) is 0 Å². The molecule has 0 spiro atoms. The number of nitrogens with zero attached hydrogens (tertiary/aromatic N) is 4. The highest BCUT2D eigenvalue weighted by Gasteiger charge is 2.24. The van der Waals surface area contributed by atoms with Crippen LogP contribution in [0.15, 0.2) is 48.8 Å². The van der Waals surface area contributed by atoms with Crippen LogP contribution in [0.3, 0.4) is 0 Å². The summed E-state index contributed by atoms with van der Waals surface area (Å²) in [7, 11) is 3.55. The molecule has 1 aliphatic heterocycles. The van der Waals surface area contributed by atoms with E-state index in [4.69, 9.17) is 19.2 Å². The quantitative estimate of drug-likeness (QED) is 0.189. The van der Waals surface area contributed by atoms with Crippen LogP contribution < -0.4 is 25.6 Å². The van der Waals surface area contributed by atoms with Crippen LogP contribution in [-0.2, 0) is 16.5 Å². The van der Waals surface area contributed by atoms with Crippen molar-refractivity contribution in [2.24, 2.45) is 13.0 Å². The number of esters is 1. The van der Waals surface area contributed by atoms with Crippen molar-refractivity contribution in [2.45, 2.75) is 39.2 Å². The minimum atomic E-state index is -0.503. The maximum Gasteiger partial charge on any atom is 0.342 e. The van der Waals surface area contributed by atoms with E-state index in [9.17, 15) is 9.59 Å². The molecule has 1 saturated heterocycles. The lowest BCUT2D eigenvalue weighted by molar-refractivity contribution is 0.0378. The smallest absolute Gasteiger partial charge is 0.342 e. The summed E-state index contributed by atoms with van der Waals surface area (Å²) in [5.41, 5.74) is 4.47. The maximum atomic E-state index is 13.2. The molecular formula is C34H41N7O5. The average Bonchev–Trinajstić information content (AvgIpc) is 3.36. The summed E-state index contributed by atoms with van der Waals surface area (Å²) in [5, 5.41) is 10.3. The molecule has 2 aromatic carbocycles. The largest absolute Gasteiger partial charge is 0.494 e. The summed E-state index contributed by atoms with van der Waals surface area (Å²) in [6.45, 7) is 6.80. The fourth-order valence-corrected chi connectivity index (χ4v) is 5.83. The number of ether oxygens (including phenoxy) is 3. The molecule has 6 rings (SSSR count). The number of para-hydroxylation sites is 1. The van der Waals surface area contributed by atoms with Gasteiger partial charge < -0.3 is 39.6 Å². The summed E-state index contributed by atoms with van der Waals surface area (Å²) in [5.74, 6) is 0.824. The van der Waals surface area contributed by atoms with Crippen LogP contribution in [0, 0.1) is 5.92 Å². The Morgan fingerprint density at radius 3 is 2.61 bits per heavy atom. The Hall–Kier alpha value is -4.84. The van der Waals surface area contributed by atoms with Gasteiger partial charge in [0.2, 0.25) is 5.95 Å². The lowest BCUT2D eigenvalue weighted by Crippen LogP contribution is -2.38. The Balaban J connectivity index is 1.37. The fraction of sp³-hybridized carbons (Fsp3) is 0.412. The first-order valence-corrected chi connectivity index (χ1v) is 15.8. The summed E-state index contributed by atoms with van der Waals surface area (Å²) in [6, 6.07) is 11.4. The predicted molar refractivity (Wildman–Crippen MR) is 178 cm³/mol. The number of rotatable bonds is 10. The lowest BCUT2D eigenvalue weighted by Gasteiger charge is -2.31. The van der Waals surface area contributed by atoms with E-state index >= 15 is 0 Å². The van der Waals surface area contributed by atoms with Crippen molar-refractivity contribution in [1.29, 1.82) is 0 Å². The zero-order valence-corrected chi connectivity index (χ0v) is 26.8. The number of benzene rings is 2. The Bertz CT molecular complexity index is 1730. The third-order valence-electron chi connectivity index (χ3n) is 8.44. The molecule has 3 heterocycles. The van der Waals surface area contributed by atoms with Crippen LogP contribution in [0.2, 0.25) is 0 Å². The first kappa shape index (κ1) is 31.2. The minimum Gasteiger partial charge on any atom is -0.494 e. The number of methoxy groups -OCH3 is 1. The number of morpholine rings is 1. The summed E-state index contributed by atoms with van der Waals surface area (Å²) in [4.78, 5) is 37.8. The molecule has 2 aliphatic rings. The summed E-state index contributed by atoms with van der Waals surface area (Å²) < 4.78 is 18.9. The standard InChI is InChI=1S/C34H41N7O5/c1-21(2)46-32(42)24-19-35-33(39-31(24)25-20-40(3)28-11-6-5-10-23(25)28)37-27-16-26(38-34(43)36-18-22-8-7-9-22)29(17-30(27)44-4)41-12-14-45-15-13-41/h5-6,10-11,16-17,19-22H,7-9,12-15,18H2,1-4H3,(H,35,37,39)(H2,36,38,43). The molecule has 2 amide bonds. The van der Waals surface area contributed by atoms with Gasteiger partial charge in [0.1, 0.15) is 11.3 Å². The van der Waals surface area contributed by atoms with Crippen LogP contribution in [-0.4, -0.2) is 72.6 Å². The fourth-order valence-electron chi connectivity index (χ4n) is 5.83. The second kappa shape index (κ2) is 13.7. The number of aryl methyl sites for hydroxylation is 1. The zero-order chi connectivity index (χ0) is 32.2. The molecule has 0 radical (unpaired) electrons. The first-order valence-electron chi connectivity index (χ1n) is 15.8. The van der Waals surface area contributed by atoms with Gasteiger partial charge in [0, 0.05) is 61.6 Å². The summed E-state index contributed by atoms with van der Waals surface area (Å²) >= 11 is 0. The SMILES string of the molecule is COc1cc(N2CCOCC2)c(NC(=O)NCC2CCC2)cc1Nc1ncc(C(=O)OC(C)C)c(-c2cn(C)c3ccccc23)n1. The molecule has 1 aliphatic carbocycles. The van der Waals surface area contributed by atoms with Gasteiger partial charge in [-0.25, -0.2) is 19.6 Å². The van der Waals surface area contributed by atoms with E-state index in [1.54, 1.807) is 21.0 Å². The van der Waals surface area contributed by atoms with Crippen LogP contribution >= 0.6 is 0 Å². The van der Waals surface area contributed by atoms with Crippen LogP contribution in [0.25, 0.3) is 22.2 Å². The number of urea groups is 1. The summed E-state index contributed by atoms with van der Waals surface area (Å²) in [6.07, 6.45) is 6.63. The number of carbonyl (C=O) groups is 2. The topological polar surface area (TPSA) is 132 Å². The molecule has 242 valence electrons. The Morgan fingerprint density at radius 1 is 1.11 bits per heavy atom. The average molecular weight is 628 g/mol. The molecule has 0 bridgehead atoms. The molecule has 1 saturated carbocycles. The van der Waals surface area contributed by atoms with Crippen LogP contribution in [0.4, 0.5) is 27.8 Å². The molecular weight excluding hydrogens is 586 g/mol. The van der Waals surface area contributed by atoms with E-state index in [-0.39, 0.29) is 23.6 Å². The van der Waals surface area contributed by atoms with E-state index < -0.39 is 5.97 Å². The molecule has 2 aromatic heterocycles. The number of hydrogen-bond donors (Lipinski definition) is 3. The monoisotopic (exact) mass is 627 g/mol. The van der Waals surface area contributed by atoms with Gasteiger partial charge in [0.25, 0.3) is 0 Å². The number of nitrogens with one attached hydrogen (secondary N) is 3. The Kier molecular flexibility index (Phi) is 9.25. The number of carbonyl (C=O) groups excluding carboxylic acids is 2. The van der Waals surface area contributed by atoms with Gasteiger partial charge in [-0.1, -0.05) is 24.6 Å². The third kappa shape index (κ3) is 6.71. The molecule has 12 heteroatoms. The number of amides is 2. The first-order chi connectivity index (χ1) is 22.3. The van der Waals surface area contributed by atoms with Gasteiger partial charge in [-0.15, -0.1) is 0 Å². The number of anilines is 4. The number of fused-ring (bicyclic) bond motifs is 1. The molecule has 3 N–H and O–H groups in total. The van der Waals surface area contributed by atoms with Crippen LogP contribution in [0.5, 0.6) is 5.75 Å². The van der Waals surface area contributed by atoms with Crippen molar-refractivity contribution in [3.05, 3.63) is 54.4 Å². The van der Waals surface area contributed by atoms with Crippen molar-refractivity contribution in [3.63, 3.8) is 0 Å². The maximum absolute atomic E-state index is 13.2. The van der Waals surface area contributed by atoms with Crippen molar-refractivity contribution in [2.75, 3.05) is 55.5 Å². The van der Waals surface area contributed by atoms with Gasteiger partial charge in [-0.05, 0) is 44.7 Å². The highest BCUT2D eigenvalue weighted by molar-refractivity contribution is 6.03. The number of hydrogen-bond acceptors (Lipinski definition) is 9. The van der Waals surface area contributed by atoms with E-state index in [1.807, 2.05) is 54.2 Å². The number of aromatic nitrogens is 3. The van der Waals surface area contributed by atoms with Gasteiger partial charge in [0.15, 0.2) is 0 Å². The predicted octanol–water partition coefficient (Wildman–Crippen LogP) is 5.71. The van der Waals surface area contributed by atoms with Gasteiger partial charge in [-0.2, -0.15) is 0 Å². The highest BCUT2D eigenvalue weighted by atomic mass is 16.5. The van der Waals surface area contributed by atoms with E-state index in [0.717, 1.165) is 35.0 Å². The lowest BCUT2D eigenvalue weighted by atomic mass is 9.85. The molecule has 2 fully saturated rings. The molecule has 12 nitrogen and oxygen atoms in total. The van der Waals surface area contributed by atoms with Gasteiger partial charge in [0.05, 0.1) is 49.2 Å². The van der Waals surface area contributed by atoms with Crippen molar-refractivity contribution in [3.8, 4) is 17.0 Å². The van der Waals surface area contributed by atoms with Crippen LogP contribution in [0.1, 0.15) is 43.5 Å². The molecule has 46 heavy (non-hydrogen) atoms. The van der Waals surface area contributed by atoms with E-state index in [1.165, 1.54) is 12.6 Å². The zero-order valence-electron chi connectivity index (χ0n) is 26.8. The second-order valence-corrected chi connectivity index (χ2v) is 12.0. The normalized spacial score (nSPS) is 15.0. The van der Waals surface area contributed by atoms with Crippen molar-refractivity contribution < 1.29 is 23.8 Å². The molecule has 4 aromatic rings. The van der Waals surface area contributed by atoms with Crippen molar-refractivity contribution in [1.82, 2.24) is 19.9 Å². The minimum absolute atomic E-state index is 0.252. The van der Waals surface area contributed by atoms with E-state index in [0.29, 0.717) is 61.6 Å². The molecule has 0 unspecified atom stereocenters. The Morgan fingerprint density at radius 2 is 1.89 bits per heavy atom. The highest BCUT2D eigenvalue weighted by Crippen LogP contribution is 2.39. The van der Waals surface area contributed by atoms with Crippen molar-refractivity contribution >= 4 is 45.9 Å². The Labute approximate surface area is 268 Å². The van der Waals surface area contributed by atoms with E-state index in [2.05, 4.69) is 25.8 Å². The van der Waals surface area contributed by atoms with Gasteiger partial charge >= 0.3 is 12.0 Å². The second-order valence-electron chi connectivity index (χ2n) is 12.0.